The van der Waals surface area contributed by atoms with Gasteiger partial charge in [-0.3, -0.25) is 0 Å². The van der Waals surface area contributed by atoms with E-state index >= 15 is 0 Å². The molecule has 0 bridgehead atoms. The number of hydrogen-bond acceptors (Lipinski definition) is 4. The molecule has 0 radical (unpaired) electrons. The van der Waals surface area contributed by atoms with Crippen LogP contribution in [0.4, 0.5) is 35.1 Å². The number of rotatable bonds is 6. The van der Waals surface area contributed by atoms with Crippen molar-refractivity contribution in [2.75, 3.05) is 0 Å². The van der Waals surface area contributed by atoms with Crippen LogP contribution in [0.25, 0.3) is 0 Å². The van der Waals surface area contributed by atoms with Gasteiger partial charge in [0.05, 0.1) is 0 Å². The Morgan fingerprint density at radius 1 is 0.442 bits per heavy atom. The van der Waals surface area contributed by atoms with Crippen LogP contribution >= 0.6 is 0 Å². The molecule has 0 aliphatic carbocycles. The Morgan fingerprint density at radius 2 is 0.628 bits per heavy atom. The molecule has 1 saturated heterocycles. The second-order valence-corrected chi connectivity index (χ2v) is 10.6. The first kappa shape index (κ1) is 30.6. The fraction of sp³-hybridized carbons (Fsp3) is 0.226. The summed E-state index contributed by atoms with van der Waals surface area (Å²) >= 11 is 0. The lowest BCUT2D eigenvalue weighted by Gasteiger charge is -2.42. The minimum atomic E-state index is -2.99. The van der Waals surface area contributed by atoms with Crippen molar-refractivity contribution in [2.24, 2.45) is 0 Å². The normalized spacial score (nSPS) is 18.7. The van der Waals surface area contributed by atoms with E-state index in [9.17, 15) is 45.3 Å². The maximum absolute atomic E-state index is 14.5. The standard InChI is InChI=1S/C31H22F8O4/c1-29(2)42-27(30(40,15-3-19(32)11-20(33)4-15)16-5-21(34)12-22(35)6-16)28(43-29)31(41,17-7-23(36)13-24(37)8-17)18-9-25(38)14-26(39)10-18/h3-14,27-28,40-41H,1-2H3/t27-,28-/m1/s1. The molecule has 4 nitrogen and oxygen atoms in total. The summed E-state index contributed by atoms with van der Waals surface area (Å²) in [5.74, 6) is -11.7. The predicted molar refractivity (Wildman–Crippen MR) is 135 cm³/mol. The van der Waals surface area contributed by atoms with Gasteiger partial charge >= 0.3 is 0 Å². The van der Waals surface area contributed by atoms with Gasteiger partial charge in [-0.2, -0.15) is 0 Å². The lowest BCUT2D eigenvalue weighted by molar-refractivity contribution is -0.172. The SMILES string of the molecule is CC1(C)O[C@@H](C(O)(c2cc(F)cc(F)c2)c2cc(F)cc(F)c2)[C@H](C(O)(c2cc(F)cc(F)c2)c2cc(F)cc(F)c2)O1. The molecule has 2 N–H and O–H groups in total. The molecule has 0 saturated carbocycles. The molecule has 0 amide bonds. The molecule has 0 spiro atoms. The molecule has 43 heavy (non-hydrogen) atoms. The van der Waals surface area contributed by atoms with E-state index in [1.165, 1.54) is 13.8 Å². The summed E-state index contributed by atoms with van der Waals surface area (Å²) < 4.78 is 128. The van der Waals surface area contributed by atoms with E-state index in [-0.39, 0.29) is 0 Å². The third-order valence-electron chi connectivity index (χ3n) is 7.13. The molecule has 4 aromatic carbocycles. The van der Waals surface area contributed by atoms with Crippen molar-refractivity contribution < 1.29 is 54.8 Å². The maximum atomic E-state index is 14.5. The molecule has 0 unspecified atom stereocenters. The van der Waals surface area contributed by atoms with Gasteiger partial charge in [-0.25, -0.2) is 35.1 Å². The summed E-state index contributed by atoms with van der Waals surface area (Å²) in [4.78, 5) is 0. The van der Waals surface area contributed by atoms with Crippen LogP contribution in [0.5, 0.6) is 0 Å². The number of aliphatic hydroxyl groups is 2. The minimum absolute atomic E-state index is 0.449. The van der Waals surface area contributed by atoms with Crippen LogP contribution in [0.2, 0.25) is 0 Å². The number of hydrogen-bond donors (Lipinski definition) is 2. The summed E-state index contributed by atoms with van der Waals surface area (Å²) in [5, 5.41) is 24.7. The van der Waals surface area contributed by atoms with Crippen molar-refractivity contribution in [1.29, 1.82) is 0 Å². The largest absolute Gasteiger partial charge is 0.378 e. The molecule has 12 heteroatoms. The van der Waals surface area contributed by atoms with E-state index in [1.54, 1.807) is 0 Å². The van der Waals surface area contributed by atoms with Crippen molar-refractivity contribution in [1.82, 2.24) is 0 Å². The molecular formula is C31H22F8O4. The summed E-state index contributed by atoms with van der Waals surface area (Å²) in [6.45, 7) is 2.52. The molecular weight excluding hydrogens is 588 g/mol. The van der Waals surface area contributed by atoms with E-state index in [0.717, 1.165) is 0 Å². The highest BCUT2D eigenvalue weighted by Crippen LogP contribution is 2.51. The Labute approximate surface area is 239 Å². The predicted octanol–water partition coefficient (Wildman–Crippen LogP) is 6.49. The summed E-state index contributed by atoms with van der Waals surface area (Å²) in [6.07, 6.45) is -4.26. The molecule has 1 aliphatic rings. The average Bonchev–Trinajstić information content (AvgIpc) is 3.21. The molecule has 0 aromatic heterocycles. The summed E-state index contributed by atoms with van der Waals surface area (Å²) in [7, 11) is 0. The third kappa shape index (κ3) is 5.63. The Hall–Kier alpha value is -3.84. The maximum Gasteiger partial charge on any atom is 0.164 e. The van der Waals surface area contributed by atoms with Crippen molar-refractivity contribution in [3.63, 3.8) is 0 Å². The zero-order valence-electron chi connectivity index (χ0n) is 22.3. The van der Waals surface area contributed by atoms with Gasteiger partial charge in [0, 0.05) is 24.3 Å². The van der Waals surface area contributed by atoms with Crippen molar-refractivity contribution in [3.05, 3.63) is 142 Å². The average molecular weight is 610 g/mol. The second-order valence-electron chi connectivity index (χ2n) is 10.6. The van der Waals surface area contributed by atoms with Crippen molar-refractivity contribution >= 4 is 0 Å². The highest BCUT2D eigenvalue weighted by atomic mass is 19.2. The first-order valence-corrected chi connectivity index (χ1v) is 12.7. The lowest BCUT2D eigenvalue weighted by Crippen LogP contribution is -2.55. The van der Waals surface area contributed by atoms with E-state index in [1.807, 2.05) is 0 Å². The smallest absolute Gasteiger partial charge is 0.164 e. The van der Waals surface area contributed by atoms with E-state index in [2.05, 4.69) is 0 Å². The number of halogens is 8. The Balaban J connectivity index is 1.86. The molecule has 4 aromatic rings. The van der Waals surface area contributed by atoms with Gasteiger partial charge in [0.1, 0.15) is 69.9 Å². The Bertz CT molecular complexity index is 1400. The first-order valence-electron chi connectivity index (χ1n) is 12.7. The molecule has 1 aliphatic heterocycles. The van der Waals surface area contributed by atoms with E-state index in [0.29, 0.717) is 72.8 Å². The first-order chi connectivity index (χ1) is 20.0. The molecule has 1 fully saturated rings. The van der Waals surface area contributed by atoms with Crippen molar-refractivity contribution in [2.45, 2.75) is 43.0 Å². The Kier molecular flexibility index (Phi) is 7.62. The molecule has 1 heterocycles. The summed E-state index contributed by atoms with van der Waals surface area (Å²) in [5.41, 5.74) is -8.69. The van der Waals surface area contributed by atoms with Crippen LogP contribution in [0.15, 0.2) is 72.8 Å². The minimum Gasteiger partial charge on any atom is -0.378 e. The van der Waals surface area contributed by atoms with Crippen LogP contribution in [0.1, 0.15) is 36.1 Å². The van der Waals surface area contributed by atoms with Crippen LogP contribution < -0.4 is 0 Å². The topological polar surface area (TPSA) is 58.9 Å². The fourth-order valence-electron chi connectivity index (χ4n) is 5.46. The van der Waals surface area contributed by atoms with Crippen LogP contribution in [-0.4, -0.2) is 28.2 Å². The quantitative estimate of drug-likeness (QED) is 0.245. The van der Waals surface area contributed by atoms with Crippen molar-refractivity contribution in [3.8, 4) is 0 Å². The van der Waals surface area contributed by atoms with Crippen LogP contribution in [0.3, 0.4) is 0 Å². The van der Waals surface area contributed by atoms with Gasteiger partial charge in [0.2, 0.25) is 0 Å². The van der Waals surface area contributed by atoms with Gasteiger partial charge in [-0.15, -0.1) is 0 Å². The van der Waals surface area contributed by atoms with Gasteiger partial charge in [0.25, 0.3) is 0 Å². The van der Waals surface area contributed by atoms with Crippen LogP contribution in [0, 0.1) is 46.5 Å². The third-order valence-corrected chi connectivity index (χ3v) is 7.13. The second kappa shape index (κ2) is 10.7. The lowest BCUT2D eigenvalue weighted by atomic mass is 9.72. The van der Waals surface area contributed by atoms with Gasteiger partial charge in [0.15, 0.2) is 5.79 Å². The van der Waals surface area contributed by atoms with E-state index < -0.39 is 98.0 Å². The molecule has 2 atom stereocenters. The van der Waals surface area contributed by atoms with E-state index in [4.69, 9.17) is 9.47 Å². The zero-order valence-corrected chi connectivity index (χ0v) is 22.3. The fourth-order valence-corrected chi connectivity index (χ4v) is 5.46. The van der Waals surface area contributed by atoms with Gasteiger partial charge < -0.3 is 19.7 Å². The zero-order chi connectivity index (χ0) is 31.5. The van der Waals surface area contributed by atoms with Gasteiger partial charge in [-0.1, -0.05) is 0 Å². The molecule has 5 rings (SSSR count). The van der Waals surface area contributed by atoms with Crippen LogP contribution in [-0.2, 0) is 20.7 Å². The highest BCUT2D eigenvalue weighted by Gasteiger charge is 2.61. The monoisotopic (exact) mass is 610 g/mol. The summed E-state index contributed by atoms with van der Waals surface area (Å²) in [6, 6.07) is 6.80. The Morgan fingerprint density at radius 3 is 0.814 bits per heavy atom. The van der Waals surface area contributed by atoms with Gasteiger partial charge in [-0.05, 0) is 84.6 Å². The highest BCUT2D eigenvalue weighted by molar-refractivity contribution is 5.44. The number of ether oxygens (including phenoxy) is 2. The number of benzene rings is 4. The molecule has 226 valence electrons.